The Hall–Kier alpha value is -2.53. The number of amides is 1. The van der Waals surface area contributed by atoms with Crippen LogP contribution in [-0.2, 0) is 4.74 Å². The van der Waals surface area contributed by atoms with Crippen molar-refractivity contribution in [3.8, 4) is 0 Å². The smallest absolute Gasteiger partial charge is 0.253 e. The lowest BCUT2D eigenvalue weighted by molar-refractivity contribution is 0.0940. The maximum atomic E-state index is 12.8. The van der Waals surface area contributed by atoms with Gasteiger partial charge in [-0.25, -0.2) is 0 Å². The van der Waals surface area contributed by atoms with Gasteiger partial charge in [-0.05, 0) is 49.1 Å². The number of nitrogen functional groups attached to an aromatic ring is 1. The molecule has 0 aromatic heterocycles. The van der Waals surface area contributed by atoms with E-state index in [-0.39, 0.29) is 18.1 Å². The van der Waals surface area contributed by atoms with Gasteiger partial charge in [-0.1, -0.05) is 24.3 Å². The van der Waals surface area contributed by atoms with Gasteiger partial charge in [0.2, 0.25) is 0 Å². The number of hydrogen-bond donors (Lipinski definition) is 2. The van der Waals surface area contributed by atoms with Crippen molar-refractivity contribution in [3.05, 3.63) is 59.2 Å². The van der Waals surface area contributed by atoms with E-state index in [0.717, 1.165) is 30.7 Å². The number of ether oxygens (including phenoxy) is 1. The van der Waals surface area contributed by atoms with E-state index in [0.29, 0.717) is 11.3 Å². The van der Waals surface area contributed by atoms with Crippen LogP contribution in [0.15, 0.2) is 42.5 Å². The van der Waals surface area contributed by atoms with Crippen LogP contribution in [0.3, 0.4) is 0 Å². The average molecular weight is 353 g/mol. The van der Waals surface area contributed by atoms with Gasteiger partial charge in [0.05, 0.1) is 17.7 Å². The molecule has 0 saturated carbocycles. The SMILES string of the molecule is CC(NC(=O)c1cc(N)ccc1N(C)C)c1cccc(C2CCCO2)c1. The number of carbonyl (C=O) groups excluding carboxylic acids is 1. The Labute approximate surface area is 155 Å². The lowest BCUT2D eigenvalue weighted by atomic mass is 10.00. The number of nitrogens with one attached hydrogen (secondary N) is 1. The molecule has 138 valence electrons. The van der Waals surface area contributed by atoms with Crippen LogP contribution in [0.2, 0.25) is 0 Å². The average Bonchev–Trinajstić information content (AvgIpc) is 3.16. The van der Waals surface area contributed by atoms with E-state index in [1.807, 2.05) is 44.1 Å². The normalized spacial score (nSPS) is 17.7. The summed E-state index contributed by atoms with van der Waals surface area (Å²) >= 11 is 0. The van der Waals surface area contributed by atoms with Gasteiger partial charge in [-0.15, -0.1) is 0 Å². The van der Waals surface area contributed by atoms with Crippen LogP contribution in [0.25, 0.3) is 0 Å². The molecule has 1 aliphatic heterocycles. The lowest BCUT2D eigenvalue weighted by Crippen LogP contribution is -2.28. The summed E-state index contributed by atoms with van der Waals surface area (Å²) in [7, 11) is 3.83. The highest BCUT2D eigenvalue weighted by molar-refractivity contribution is 6.00. The Kier molecular flexibility index (Phi) is 5.47. The predicted molar refractivity (Wildman–Crippen MR) is 105 cm³/mol. The third kappa shape index (κ3) is 3.99. The van der Waals surface area contributed by atoms with Gasteiger partial charge in [0, 0.05) is 32.1 Å². The van der Waals surface area contributed by atoms with Crippen molar-refractivity contribution in [2.45, 2.75) is 31.9 Å². The predicted octanol–water partition coefficient (Wildman–Crippen LogP) is 3.68. The van der Waals surface area contributed by atoms with Gasteiger partial charge in [-0.3, -0.25) is 4.79 Å². The number of benzene rings is 2. The number of nitrogens with zero attached hydrogens (tertiary/aromatic N) is 1. The van der Waals surface area contributed by atoms with Crippen molar-refractivity contribution in [1.82, 2.24) is 5.32 Å². The standard InChI is InChI=1S/C21H27N3O2/c1-14(15-6-4-7-16(12-15)20-8-5-11-26-20)23-21(25)18-13-17(22)9-10-19(18)24(2)3/h4,6-7,9-10,12-14,20H,5,8,11,22H2,1-3H3,(H,23,25). The van der Waals surface area contributed by atoms with Crippen molar-refractivity contribution in [2.24, 2.45) is 0 Å². The summed E-state index contributed by atoms with van der Waals surface area (Å²) in [5.74, 6) is -0.129. The molecule has 2 unspecified atom stereocenters. The molecule has 26 heavy (non-hydrogen) atoms. The fourth-order valence-corrected chi connectivity index (χ4v) is 3.35. The van der Waals surface area contributed by atoms with Crippen molar-refractivity contribution < 1.29 is 9.53 Å². The fourth-order valence-electron chi connectivity index (χ4n) is 3.35. The van der Waals surface area contributed by atoms with Crippen LogP contribution in [0.4, 0.5) is 11.4 Å². The molecule has 2 aromatic rings. The topological polar surface area (TPSA) is 67.6 Å². The van der Waals surface area contributed by atoms with Crippen molar-refractivity contribution in [2.75, 3.05) is 31.3 Å². The third-order valence-electron chi connectivity index (χ3n) is 4.81. The molecule has 1 saturated heterocycles. The molecule has 1 amide bonds. The first-order valence-electron chi connectivity index (χ1n) is 9.05. The third-order valence-corrected chi connectivity index (χ3v) is 4.81. The first-order chi connectivity index (χ1) is 12.5. The van der Waals surface area contributed by atoms with Crippen molar-refractivity contribution in [3.63, 3.8) is 0 Å². The second-order valence-electron chi connectivity index (χ2n) is 7.04. The van der Waals surface area contributed by atoms with E-state index in [9.17, 15) is 4.79 Å². The van der Waals surface area contributed by atoms with Crippen molar-refractivity contribution >= 4 is 17.3 Å². The van der Waals surface area contributed by atoms with Crippen LogP contribution in [0, 0.1) is 0 Å². The van der Waals surface area contributed by atoms with E-state index >= 15 is 0 Å². The van der Waals surface area contributed by atoms with Crippen LogP contribution >= 0.6 is 0 Å². The molecule has 2 aromatic carbocycles. The monoisotopic (exact) mass is 353 g/mol. The Morgan fingerprint density at radius 1 is 1.27 bits per heavy atom. The van der Waals surface area contributed by atoms with E-state index in [4.69, 9.17) is 10.5 Å². The number of hydrogen-bond acceptors (Lipinski definition) is 4. The fraction of sp³-hybridized carbons (Fsp3) is 0.381. The number of carbonyl (C=O) groups is 1. The minimum absolute atomic E-state index is 0.111. The molecule has 0 aliphatic carbocycles. The summed E-state index contributed by atoms with van der Waals surface area (Å²) in [6, 6.07) is 13.6. The van der Waals surface area contributed by atoms with Crippen LogP contribution in [-0.4, -0.2) is 26.6 Å². The molecule has 1 aliphatic rings. The van der Waals surface area contributed by atoms with Gasteiger partial charge in [0.15, 0.2) is 0 Å². The molecule has 0 radical (unpaired) electrons. The molecular weight excluding hydrogens is 326 g/mol. The Morgan fingerprint density at radius 2 is 2.08 bits per heavy atom. The summed E-state index contributed by atoms with van der Waals surface area (Å²) in [5.41, 5.74) is 10.1. The van der Waals surface area contributed by atoms with E-state index in [1.54, 1.807) is 12.1 Å². The molecule has 0 spiro atoms. The Morgan fingerprint density at radius 3 is 2.77 bits per heavy atom. The molecule has 3 N–H and O–H groups in total. The highest BCUT2D eigenvalue weighted by Gasteiger charge is 2.20. The molecule has 2 atom stereocenters. The molecule has 5 heteroatoms. The number of anilines is 2. The quantitative estimate of drug-likeness (QED) is 0.805. The van der Waals surface area contributed by atoms with Crippen LogP contribution in [0.5, 0.6) is 0 Å². The molecular formula is C21H27N3O2. The van der Waals surface area contributed by atoms with Crippen molar-refractivity contribution in [1.29, 1.82) is 0 Å². The highest BCUT2D eigenvalue weighted by Crippen LogP contribution is 2.30. The maximum Gasteiger partial charge on any atom is 0.253 e. The Bertz CT molecular complexity index is 783. The van der Waals surface area contributed by atoms with Gasteiger partial charge in [-0.2, -0.15) is 0 Å². The van der Waals surface area contributed by atoms with Gasteiger partial charge < -0.3 is 20.7 Å². The molecule has 3 rings (SSSR count). The summed E-state index contributed by atoms with van der Waals surface area (Å²) in [5, 5.41) is 3.09. The second kappa shape index (κ2) is 7.79. The summed E-state index contributed by atoms with van der Waals surface area (Å²) in [6.45, 7) is 2.82. The zero-order valence-electron chi connectivity index (χ0n) is 15.7. The van der Waals surface area contributed by atoms with Gasteiger partial charge in [0.25, 0.3) is 5.91 Å². The Balaban J connectivity index is 1.78. The zero-order valence-corrected chi connectivity index (χ0v) is 15.7. The first kappa shape index (κ1) is 18.3. The molecule has 1 heterocycles. The zero-order chi connectivity index (χ0) is 18.7. The number of rotatable bonds is 5. The molecule has 0 bridgehead atoms. The number of nitrogens with two attached hydrogens (primary N) is 1. The maximum absolute atomic E-state index is 12.8. The summed E-state index contributed by atoms with van der Waals surface area (Å²) in [6.07, 6.45) is 2.33. The molecule has 1 fully saturated rings. The summed E-state index contributed by atoms with van der Waals surface area (Å²) < 4.78 is 5.77. The van der Waals surface area contributed by atoms with Crippen LogP contribution in [0.1, 0.15) is 53.4 Å². The second-order valence-corrected chi connectivity index (χ2v) is 7.04. The largest absolute Gasteiger partial charge is 0.399 e. The minimum atomic E-state index is -0.129. The van der Waals surface area contributed by atoms with Crippen LogP contribution < -0.4 is 16.0 Å². The van der Waals surface area contributed by atoms with Gasteiger partial charge in [0.1, 0.15) is 0 Å². The molecule has 5 nitrogen and oxygen atoms in total. The lowest BCUT2D eigenvalue weighted by Gasteiger charge is -2.21. The van der Waals surface area contributed by atoms with Gasteiger partial charge >= 0.3 is 0 Å². The van der Waals surface area contributed by atoms with E-state index in [2.05, 4.69) is 17.4 Å². The summed E-state index contributed by atoms with van der Waals surface area (Å²) in [4.78, 5) is 14.7. The highest BCUT2D eigenvalue weighted by atomic mass is 16.5. The minimum Gasteiger partial charge on any atom is -0.399 e. The van der Waals surface area contributed by atoms with E-state index < -0.39 is 0 Å². The van der Waals surface area contributed by atoms with E-state index in [1.165, 1.54) is 5.56 Å². The first-order valence-corrected chi connectivity index (χ1v) is 9.05.